The molecule has 0 saturated carbocycles. The summed E-state index contributed by atoms with van der Waals surface area (Å²) in [5.74, 6) is 2.09. The molecule has 3 aliphatic rings. The lowest BCUT2D eigenvalue weighted by molar-refractivity contribution is -0.130. The van der Waals surface area contributed by atoms with E-state index < -0.39 is 0 Å². The van der Waals surface area contributed by atoms with Crippen molar-refractivity contribution in [3.05, 3.63) is 23.8 Å². The Balaban J connectivity index is 1.33. The van der Waals surface area contributed by atoms with Crippen LogP contribution in [0.4, 0.5) is 0 Å². The number of nitrogens with zero attached hydrogens (tertiary/aromatic N) is 2. The Kier molecular flexibility index (Phi) is 5.50. The number of ether oxygens (including phenoxy) is 2. The molecule has 0 spiro atoms. The summed E-state index contributed by atoms with van der Waals surface area (Å²) in [4.78, 5) is 29.1. The summed E-state index contributed by atoms with van der Waals surface area (Å²) in [5.41, 5.74) is 0.646. The number of carbonyl (C=O) groups is 2. The van der Waals surface area contributed by atoms with Crippen LogP contribution >= 0.6 is 0 Å². The minimum atomic E-state index is 0.0440. The molecule has 4 rings (SSSR count). The van der Waals surface area contributed by atoms with E-state index >= 15 is 0 Å². The Bertz CT molecular complexity index is 699. The van der Waals surface area contributed by atoms with Gasteiger partial charge in [-0.2, -0.15) is 0 Å². The molecule has 0 aromatic heterocycles. The molecule has 0 radical (unpaired) electrons. The van der Waals surface area contributed by atoms with Crippen LogP contribution in [0, 0.1) is 5.92 Å². The highest BCUT2D eigenvalue weighted by Gasteiger charge is 2.27. The number of rotatable bonds is 4. The Labute approximate surface area is 160 Å². The summed E-state index contributed by atoms with van der Waals surface area (Å²) in [5, 5.41) is 0. The van der Waals surface area contributed by atoms with Crippen molar-refractivity contribution in [3.63, 3.8) is 0 Å². The van der Waals surface area contributed by atoms with Gasteiger partial charge in [-0.05, 0) is 56.2 Å². The van der Waals surface area contributed by atoms with Crippen molar-refractivity contribution in [2.45, 2.75) is 38.5 Å². The van der Waals surface area contributed by atoms with Crippen LogP contribution in [0.25, 0.3) is 0 Å². The molecule has 2 amide bonds. The lowest BCUT2D eigenvalue weighted by atomic mass is 9.92. The molecular formula is C21H28N2O4. The first-order chi connectivity index (χ1) is 13.2. The molecule has 6 heteroatoms. The van der Waals surface area contributed by atoms with E-state index in [0.717, 1.165) is 58.3 Å². The van der Waals surface area contributed by atoms with Crippen LogP contribution in [0.1, 0.15) is 48.9 Å². The molecule has 6 nitrogen and oxygen atoms in total. The van der Waals surface area contributed by atoms with Gasteiger partial charge in [-0.1, -0.05) is 0 Å². The van der Waals surface area contributed by atoms with Crippen molar-refractivity contribution < 1.29 is 19.1 Å². The van der Waals surface area contributed by atoms with Gasteiger partial charge in [0.2, 0.25) is 5.91 Å². The van der Waals surface area contributed by atoms with Gasteiger partial charge < -0.3 is 19.3 Å². The third-order valence-electron chi connectivity index (χ3n) is 5.82. The number of hydrogen-bond acceptors (Lipinski definition) is 4. The molecule has 0 unspecified atom stereocenters. The second kappa shape index (κ2) is 8.19. The topological polar surface area (TPSA) is 59.1 Å². The predicted molar refractivity (Wildman–Crippen MR) is 101 cm³/mol. The minimum Gasteiger partial charge on any atom is -0.486 e. The maximum Gasteiger partial charge on any atom is 0.254 e. The normalized spacial score (nSPS) is 22.0. The smallest absolute Gasteiger partial charge is 0.254 e. The molecule has 0 bridgehead atoms. The summed E-state index contributed by atoms with van der Waals surface area (Å²) >= 11 is 0. The molecule has 0 aliphatic carbocycles. The summed E-state index contributed by atoms with van der Waals surface area (Å²) in [6.07, 6.45) is 5.84. The molecule has 1 atom stereocenters. The molecule has 3 aliphatic heterocycles. The van der Waals surface area contributed by atoms with E-state index in [9.17, 15) is 9.59 Å². The number of fused-ring (bicyclic) bond motifs is 1. The standard InChI is InChI=1S/C21H28N2O4/c24-20(22-9-1-2-10-22)8-5-16-4-3-11-23(15-16)21(25)17-6-7-18-19(14-17)27-13-12-26-18/h6-7,14,16H,1-5,8-13,15H2/t16-/m1/s1. The zero-order chi connectivity index (χ0) is 18.6. The van der Waals surface area contributed by atoms with Crippen LogP contribution in [-0.2, 0) is 4.79 Å². The first-order valence-corrected chi connectivity index (χ1v) is 10.2. The summed E-state index contributed by atoms with van der Waals surface area (Å²) in [6, 6.07) is 5.42. The third kappa shape index (κ3) is 4.20. The number of amides is 2. The molecule has 2 fully saturated rings. The van der Waals surface area contributed by atoms with Crippen LogP contribution in [0.3, 0.4) is 0 Å². The Morgan fingerprint density at radius 3 is 2.52 bits per heavy atom. The van der Waals surface area contributed by atoms with Crippen molar-refractivity contribution in [2.24, 2.45) is 5.92 Å². The van der Waals surface area contributed by atoms with Gasteiger partial charge in [0.05, 0.1) is 0 Å². The van der Waals surface area contributed by atoms with Crippen molar-refractivity contribution in [1.82, 2.24) is 9.80 Å². The average Bonchev–Trinajstić information content (AvgIpc) is 3.26. The fourth-order valence-electron chi connectivity index (χ4n) is 4.30. The van der Waals surface area contributed by atoms with Gasteiger partial charge in [0.15, 0.2) is 11.5 Å². The van der Waals surface area contributed by atoms with E-state index in [1.54, 1.807) is 6.07 Å². The zero-order valence-corrected chi connectivity index (χ0v) is 15.8. The summed E-state index contributed by atoms with van der Waals surface area (Å²) < 4.78 is 11.1. The number of benzene rings is 1. The van der Waals surface area contributed by atoms with E-state index in [2.05, 4.69) is 0 Å². The highest BCUT2D eigenvalue weighted by atomic mass is 16.6. The van der Waals surface area contributed by atoms with Crippen molar-refractivity contribution in [2.75, 3.05) is 39.4 Å². The van der Waals surface area contributed by atoms with Crippen molar-refractivity contribution in [1.29, 1.82) is 0 Å². The number of piperidine rings is 1. The summed E-state index contributed by atoms with van der Waals surface area (Å²) in [7, 11) is 0. The van der Waals surface area contributed by atoms with E-state index in [0.29, 0.717) is 42.6 Å². The van der Waals surface area contributed by atoms with Crippen LogP contribution in [0.2, 0.25) is 0 Å². The Morgan fingerprint density at radius 2 is 1.70 bits per heavy atom. The number of hydrogen-bond donors (Lipinski definition) is 0. The van der Waals surface area contributed by atoms with Gasteiger partial charge >= 0.3 is 0 Å². The number of carbonyl (C=O) groups excluding carboxylic acids is 2. The quantitative estimate of drug-likeness (QED) is 0.815. The third-order valence-corrected chi connectivity index (χ3v) is 5.82. The second-order valence-electron chi connectivity index (χ2n) is 7.74. The molecule has 146 valence electrons. The van der Waals surface area contributed by atoms with Crippen LogP contribution < -0.4 is 9.47 Å². The highest BCUT2D eigenvalue weighted by Crippen LogP contribution is 2.32. The molecule has 0 N–H and O–H groups in total. The zero-order valence-electron chi connectivity index (χ0n) is 15.8. The second-order valence-corrected chi connectivity index (χ2v) is 7.74. The van der Waals surface area contributed by atoms with E-state index in [1.165, 1.54) is 0 Å². The minimum absolute atomic E-state index is 0.0440. The number of likely N-dealkylation sites (tertiary alicyclic amines) is 2. The first-order valence-electron chi connectivity index (χ1n) is 10.2. The molecule has 1 aromatic carbocycles. The Hall–Kier alpha value is -2.24. The maximum atomic E-state index is 12.9. The highest BCUT2D eigenvalue weighted by molar-refractivity contribution is 5.95. The molecule has 2 saturated heterocycles. The Morgan fingerprint density at radius 1 is 0.963 bits per heavy atom. The lowest BCUT2D eigenvalue weighted by Crippen LogP contribution is -2.40. The first kappa shape index (κ1) is 18.1. The van der Waals surface area contributed by atoms with Crippen LogP contribution in [0.15, 0.2) is 18.2 Å². The lowest BCUT2D eigenvalue weighted by Gasteiger charge is -2.33. The van der Waals surface area contributed by atoms with Gasteiger partial charge in [-0.15, -0.1) is 0 Å². The fourth-order valence-corrected chi connectivity index (χ4v) is 4.30. The average molecular weight is 372 g/mol. The van der Waals surface area contributed by atoms with Crippen LogP contribution in [0.5, 0.6) is 11.5 Å². The largest absolute Gasteiger partial charge is 0.486 e. The van der Waals surface area contributed by atoms with Gasteiger partial charge in [0.1, 0.15) is 13.2 Å². The predicted octanol–water partition coefficient (Wildman–Crippen LogP) is 2.71. The summed E-state index contributed by atoms with van der Waals surface area (Å²) in [6.45, 7) is 4.41. The van der Waals surface area contributed by atoms with Gasteiger partial charge in [0, 0.05) is 38.2 Å². The monoisotopic (exact) mass is 372 g/mol. The van der Waals surface area contributed by atoms with Gasteiger partial charge in [-0.25, -0.2) is 0 Å². The SMILES string of the molecule is O=C(CC[C@H]1CCCN(C(=O)c2ccc3c(c2)OCCO3)C1)N1CCCC1. The van der Waals surface area contributed by atoms with E-state index in [4.69, 9.17) is 9.47 Å². The maximum absolute atomic E-state index is 12.9. The van der Waals surface area contributed by atoms with Crippen LogP contribution in [-0.4, -0.2) is 61.0 Å². The molecular weight excluding hydrogens is 344 g/mol. The fraction of sp³-hybridized carbons (Fsp3) is 0.619. The molecule has 27 heavy (non-hydrogen) atoms. The molecule has 1 aromatic rings. The van der Waals surface area contributed by atoms with E-state index in [-0.39, 0.29) is 11.8 Å². The van der Waals surface area contributed by atoms with Crippen molar-refractivity contribution >= 4 is 11.8 Å². The van der Waals surface area contributed by atoms with Crippen molar-refractivity contribution in [3.8, 4) is 11.5 Å². The van der Waals surface area contributed by atoms with Gasteiger partial charge in [0.25, 0.3) is 5.91 Å². The molecule has 3 heterocycles. The van der Waals surface area contributed by atoms with E-state index in [1.807, 2.05) is 21.9 Å². The van der Waals surface area contributed by atoms with Gasteiger partial charge in [-0.3, -0.25) is 9.59 Å².